The number of rotatable bonds is 5. The lowest BCUT2D eigenvalue weighted by molar-refractivity contribution is -0.120. The molecule has 0 bridgehead atoms. The van der Waals surface area contributed by atoms with Crippen LogP contribution in [0.25, 0.3) is 0 Å². The average Bonchev–Trinajstić information content (AvgIpc) is 2.28. The number of halogens is 2. The molecule has 1 aromatic carbocycles. The summed E-state index contributed by atoms with van der Waals surface area (Å²) in [5.74, 6) is 0.650. The molecule has 88 valence electrons. The van der Waals surface area contributed by atoms with Crippen molar-refractivity contribution in [2.75, 3.05) is 13.7 Å². The van der Waals surface area contributed by atoms with Gasteiger partial charge in [0.1, 0.15) is 5.75 Å². The molecule has 0 spiro atoms. The second-order valence-electron chi connectivity index (χ2n) is 3.20. The van der Waals surface area contributed by atoms with E-state index in [1.54, 1.807) is 13.1 Å². The molecule has 1 N–H and O–H groups in total. The molecule has 0 aromatic heterocycles. The van der Waals surface area contributed by atoms with E-state index in [-0.39, 0.29) is 5.91 Å². The van der Waals surface area contributed by atoms with Gasteiger partial charge in [-0.1, -0.05) is 27.5 Å². The zero-order valence-corrected chi connectivity index (χ0v) is 11.3. The van der Waals surface area contributed by atoms with Gasteiger partial charge in [-0.3, -0.25) is 4.79 Å². The van der Waals surface area contributed by atoms with Gasteiger partial charge in [0.05, 0.1) is 11.6 Å². The van der Waals surface area contributed by atoms with Gasteiger partial charge in [0.15, 0.2) is 0 Å². The fraction of sp³-hybridized carbons (Fsp3) is 0.364. The van der Waals surface area contributed by atoms with Crippen molar-refractivity contribution in [2.45, 2.75) is 12.8 Å². The van der Waals surface area contributed by atoms with Crippen molar-refractivity contribution in [1.82, 2.24) is 5.32 Å². The first-order chi connectivity index (χ1) is 7.63. The third-order valence-electron chi connectivity index (χ3n) is 1.98. The van der Waals surface area contributed by atoms with Crippen LogP contribution in [0.4, 0.5) is 0 Å². The monoisotopic (exact) mass is 305 g/mol. The molecule has 0 atom stereocenters. The smallest absolute Gasteiger partial charge is 0.219 e. The Balaban J connectivity index is 2.37. The first-order valence-corrected chi connectivity index (χ1v) is 6.09. The number of ether oxygens (including phenoxy) is 1. The molecule has 1 rings (SSSR count). The molecule has 0 radical (unpaired) electrons. The molecule has 1 aromatic rings. The summed E-state index contributed by atoms with van der Waals surface area (Å²) in [5, 5.41) is 3.13. The Bertz CT molecular complexity index is 371. The van der Waals surface area contributed by atoms with Gasteiger partial charge in [0, 0.05) is 17.9 Å². The summed E-state index contributed by atoms with van der Waals surface area (Å²) >= 11 is 9.28. The number of amides is 1. The van der Waals surface area contributed by atoms with Crippen molar-refractivity contribution in [3.8, 4) is 5.75 Å². The summed E-state index contributed by atoms with van der Waals surface area (Å²) in [6.45, 7) is 0.476. The summed E-state index contributed by atoms with van der Waals surface area (Å²) in [6, 6.07) is 5.42. The molecule has 1 amide bonds. The first kappa shape index (κ1) is 13.3. The van der Waals surface area contributed by atoms with Gasteiger partial charge in [-0.05, 0) is 24.6 Å². The van der Waals surface area contributed by atoms with Crippen LogP contribution in [0.1, 0.15) is 12.8 Å². The third-order valence-corrected chi connectivity index (χ3v) is 2.78. The minimum absolute atomic E-state index is 0.0175. The van der Waals surface area contributed by atoms with Gasteiger partial charge in [-0.25, -0.2) is 0 Å². The number of hydrogen-bond donors (Lipinski definition) is 1. The molecule has 0 fully saturated rings. The van der Waals surface area contributed by atoms with E-state index < -0.39 is 0 Å². The minimum Gasteiger partial charge on any atom is -0.492 e. The lowest BCUT2D eigenvalue weighted by Crippen LogP contribution is -2.18. The number of carbonyl (C=O) groups excluding carboxylic acids is 1. The normalized spacial score (nSPS) is 9.94. The number of carbonyl (C=O) groups is 1. The molecule has 0 aliphatic rings. The molecule has 0 unspecified atom stereocenters. The predicted octanol–water partition coefficient (Wildman–Crippen LogP) is 3.01. The fourth-order valence-electron chi connectivity index (χ4n) is 1.13. The molecule has 0 aliphatic carbocycles. The Morgan fingerprint density at radius 3 is 3.00 bits per heavy atom. The zero-order valence-electron chi connectivity index (χ0n) is 8.93. The topological polar surface area (TPSA) is 38.3 Å². The highest BCUT2D eigenvalue weighted by Gasteiger charge is 2.03. The van der Waals surface area contributed by atoms with Crippen molar-refractivity contribution in [1.29, 1.82) is 0 Å². The summed E-state index contributed by atoms with van der Waals surface area (Å²) < 4.78 is 6.39. The summed E-state index contributed by atoms with van der Waals surface area (Å²) in [7, 11) is 1.62. The van der Waals surface area contributed by atoms with Gasteiger partial charge in [-0.15, -0.1) is 0 Å². The first-order valence-electron chi connectivity index (χ1n) is 4.92. The second-order valence-corrected chi connectivity index (χ2v) is 4.52. The van der Waals surface area contributed by atoms with E-state index in [1.165, 1.54) is 0 Å². The molecule has 0 heterocycles. The maximum Gasteiger partial charge on any atom is 0.219 e. The second kappa shape index (κ2) is 6.76. The molecule has 0 saturated heterocycles. The van der Waals surface area contributed by atoms with Crippen LogP contribution in [0.3, 0.4) is 0 Å². The van der Waals surface area contributed by atoms with Crippen molar-refractivity contribution in [3.05, 3.63) is 27.7 Å². The highest BCUT2D eigenvalue weighted by atomic mass is 79.9. The summed E-state index contributed by atoms with van der Waals surface area (Å²) in [6.07, 6.45) is 1.13. The van der Waals surface area contributed by atoms with E-state index in [2.05, 4.69) is 21.2 Å². The van der Waals surface area contributed by atoms with Crippen LogP contribution in [0.5, 0.6) is 5.75 Å². The van der Waals surface area contributed by atoms with E-state index in [4.69, 9.17) is 16.3 Å². The lowest BCUT2D eigenvalue weighted by atomic mass is 10.3. The molecule has 0 aliphatic heterocycles. The summed E-state index contributed by atoms with van der Waals surface area (Å²) in [5.41, 5.74) is 0. The van der Waals surface area contributed by atoms with Crippen molar-refractivity contribution >= 4 is 33.4 Å². The predicted molar refractivity (Wildman–Crippen MR) is 67.9 cm³/mol. The SMILES string of the molecule is CNC(=O)CCCOc1cc(Br)ccc1Cl. The Labute approximate surface area is 108 Å². The molecule has 3 nitrogen and oxygen atoms in total. The Hall–Kier alpha value is -0.740. The molecule has 5 heteroatoms. The average molecular weight is 307 g/mol. The Kier molecular flexibility index (Phi) is 5.63. The van der Waals surface area contributed by atoms with E-state index in [9.17, 15) is 4.79 Å². The van der Waals surface area contributed by atoms with Gasteiger partial charge in [-0.2, -0.15) is 0 Å². The van der Waals surface area contributed by atoms with Crippen LogP contribution in [-0.2, 0) is 4.79 Å². The van der Waals surface area contributed by atoms with Gasteiger partial charge in [0.25, 0.3) is 0 Å². The van der Waals surface area contributed by atoms with Crippen LogP contribution in [-0.4, -0.2) is 19.6 Å². The maximum absolute atomic E-state index is 10.9. The van der Waals surface area contributed by atoms with Crippen molar-refractivity contribution in [3.63, 3.8) is 0 Å². The van der Waals surface area contributed by atoms with E-state index in [0.29, 0.717) is 30.2 Å². The van der Waals surface area contributed by atoms with Crippen LogP contribution < -0.4 is 10.1 Å². The van der Waals surface area contributed by atoms with Gasteiger partial charge < -0.3 is 10.1 Å². The Morgan fingerprint density at radius 2 is 2.31 bits per heavy atom. The third kappa shape index (κ3) is 4.41. The molecular formula is C11H13BrClNO2. The largest absolute Gasteiger partial charge is 0.492 e. The van der Waals surface area contributed by atoms with Crippen LogP contribution in [0.2, 0.25) is 5.02 Å². The molecule has 16 heavy (non-hydrogen) atoms. The van der Waals surface area contributed by atoms with Crippen LogP contribution >= 0.6 is 27.5 Å². The molecular weight excluding hydrogens is 293 g/mol. The minimum atomic E-state index is 0.0175. The maximum atomic E-state index is 10.9. The number of benzene rings is 1. The number of nitrogens with one attached hydrogen (secondary N) is 1. The highest BCUT2D eigenvalue weighted by molar-refractivity contribution is 9.10. The summed E-state index contributed by atoms with van der Waals surface area (Å²) in [4.78, 5) is 10.9. The van der Waals surface area contributed by atoms with Gasteiger partial charge in [0.2, 0.25) is 5.91 Å². The molecule has 0 saturated carbocycles. The van der Waals surface area contributed by atoms with Crippen molar-refractivity contribution in [2.24, 2.45) is 0 Å². The number of hydrogen-bond acceptors (Lipinski definition) is 2. The fourth-order valence-corrected chi connectivity index (χ4v) is 1.64. The quantitative estimate of drug-likeness (QED) is 0.849. The Morgan fingerprint density at radius 1 is 1.56 bits per heavy atom. The van der Waals surface area contributed by atoms with Crippen LogP contribution in [0, 0.1) is 0 Å². The van der Waals surface area contributed by atoms with Crippen LogP contribution in [0.15, 0.2) is 22.7 Å². The highest BCUT2D eigenvalue weighted by Crippen LogP contribution is 2.27. The standard InChI is InChI=1S/C11H13BrClNO2/c1-14-11(15)3-2-6-16-10-7-8(12)4-5-9(10)13/h4-5,7H,2-3,6H2,1H3,(H,14,15). The zero-order chi connectivity index (χ0) is 12.0. The van der Waals surface area contributed by atoms with E-state index >= 15 is 0 Å². The van der Waals surface area contributed by atoms with Gasteiger partial charge >= 0.3 is 0 Å². The van der Waals surface area contributed by atoms with Crippen molar-refractivity contribution < 1.29 is 9.53 Å². The van der Waals surface area contributed by atoms with E-state index in [0.717, 1.165) is 4.47 Å². The van der Waals surface area contributed by atoms with E-state index in [1.807, 2.05) is 12.1 Å². The lowest BCUT2D eigenvalue weighted by Gasteiger charge is -2.07.